The number of nitrogens with one attached hydrogen (secondary N) is 1. The van der Waals surface area contributed by atoms with E-state index in [4.69, 9.17) is 10.5 Å². The van der Waals surface area contributed by atoms with E-state index in [0.29, 0.717) is 31.9 Å². The van der Waals surface area contributed by atoms with Gasteiger partial charge in [0.15, 0.2) is 0 Å². The minimum Gasteiger partial charge on any atom is -0.396 e. The number of pyridine rings is 1. The predicted octanol–water partition coefficient (Wildman–Crippen LogP) is 2.14. The number of ether oxygens (including phenoxy) is 1. The Labute approximate surface area is 125 Å². The summed E-state index contributed by atoms with van der Waals surface area (Å²) < 4.78 is 6.21. The molecular formula is C14H16BrN3O2. The van der Waals surface area contributed by atoms with Crippen molar-refractivity contribution in [2.75, 3.05) is 30.8 Å². The molecule has 0 radical (unpaired) electrons. The molecule has 4 N–H and O–H groups in total. The van der Waals surface area contributed by atoms with Gasteiger partial charge in [0.05, 0.1) is 29.7 Å². The van der Waals surface area contributed by atoms with Gasteiger partial charge in [-0.25, -0.2) is 0 Å². The average molecular weight is 338 g/mol. The zero-order valence-corrected chi connectivity index (χ0v) is 12.5. The molecule has 1 unspecified atom stereocenters. The minimum absolute atomic E-state index is 0.354. The van der Waals surface area contributed by atoms with Gasteiger partial charge in [0.25, 0.3) is 0 Å². The first-order valence-corrected chi connectivity index (χ1v) is 7.24. The third kappa shape index (κ3) is 2.59. The quantitative estimate of drug-likeness (QED) is 0.799. The molecule has 1 saturated heterocycles. The first-order chi connectivity index (χ1) is 9.57. The van der Waals surface area contributed by atoms with Gasteiger partial charge in [0, 0.05) is 29.4 Å². The Hall–Kier alpha value is -1.37. The highest BCUT2D eigenvalue weighted by molar-refractivity contribution is 9.10. The van der Waals surface area contributed by atoms with E-state index in [9.17, 15) is 5.11 Å². The maximum absolute atomic E-state index is 10.3. The Morgan fingerprint density at radius 1 is 1.50 bits per heavy atom. The molecule has 5 nitrogen and oxygen atoms in total. The van der Waals surface area contributed by atoms with Crippen molar-refractivity contribution >= 4 is 38.2 Å². The van der Waals surface area contributed by atoms with E-state index < -0.39 is 5.60 Å². The Balaban J connectivity index is 1.93. The molecule has 0 spiro atoms. The number of aromatic nitrogens is 1. The SMILES string of the molecule is Nc1cnc2ccc(Br)cc2c1NCC1(O)CCOC1. The first-order valence-electron chi connectivity index (χ1n) is 6.45. The molecule has 1 aromatic carbocycles. The Kier molecular flexibility index (Phi) is 3.54. The van der Waals surface area contributed by atoms with Crippen LogP contribution in [-0.4, -0.2) is 35.5 Å². The van der Waals surface area contributed by atoms with Crippen LogP contribution in [0.4, 0.5) is 11.4 Å². The van der Waals surface area contributed by atoms with Gasteiger partial charge in [-0.15, -0.1) is 0 Å². The Morgan fingerprint density at radius 2 is 2.35 bits per heavy atom. The van der Waals surface area contributed by atoms with Crippen molar-refractivity contribution in [3.63, 3.8) is 0 Å². The van der Waals surface area contributed by atoms with Crippen molar-refractivity contribution in [1.82, 2.24) is 4.98 Å². The van der Waals surface area contributed by atoms with E-state index in [-0.39, 0.29) is 0 Å². The highest BCUT2D eigenvalue weighted by Gasteiger charge is 2.32. The number of hydrogen-bond donors (Lipinski definition) is 3. The van der Waals surface area contributed by atoms with Crippen LogP contribution in [0.25, 0.3) is 10.9 Å². The molecule has 2 heterocycles. The Morgan fingerprint density at radius 3 is 3.10 bits per heavy atom. The lowest BCUT2D eigenvalue weighted by Gasteiger charge is -2.22. The maximum atomic E-state index is 10.3. The number of benzene rings is 1. The summed E-state index contributed by atoms with van der Waals surface area (Å²) in [6.07, 6.45) is 2.26. The molecule has 0 aliphatic carbocycles. The summed E-state index contributed by atoms with van der Waals surface area (Å²) in [7, 11) is 0. The van der Waals surface area contributed by atoms with Crippen LogP contribution in [0.3, 0.4) is 0 Å². The molecule has 0 bridgehead atoms. The second-order valence-electron chi connectivity index (χ2n) is 5.13. The fraction of sp³-hybridized carbons (Fsp3) is 0.357. The van der Waals surface area contributed by atoms with Gasteiger partial charge in [-0.3, -0.25) is 4.98 Å². The van der Waals surface area contributed by atoms with Gasteiger partial charge in [-0.2, -0.15) is 0 Å². The normalized spacial score (nSPS) is 22.3. The van der Waals surface area contributed by atoms with Crippen molar-refractivity contribution < 1.29 is 9.84 Å². The van der Waals surface area contributed by atoms with Crippen LogP contribution in [0.1, 0.15) is 6.42 Å². The van der Waals surface area contributed by atoms with Crippen LogP contribution in [0.2, 0.25) is 0 Å². The first kappa shape index (κ1) is 13.6. The van der Waals surface area contributed by atoms with Gasteiger partial charge in [0.1, 0.15) is 5.60 Å². The second-order valence-corrected chi connectivity index (χ2v) is 6.05. The fourth-order valence-electron chi connectivity index (χ4n) is 2.37. The molecule has 1 atom stereocenters. The summed E-state index contributed by atoms with van der Waals surface area (Å²) >= 11 is 3.45. The number of aliphatic hydroxyl groups is 1. The Bertz CT molecular complexity index is 636. The molecule has 1 fully saturated rings. The van der Waals surface area contributed by atoms with Crippen molar-refractivity contribution in [3.05, 3.63) is 28.9 Å². The van der Waals surface area contributed by atoms with Crippen molar-refractivity contribution in [3.8, 4) is 0 Å². The summed E-state index contributed by atoms with van der Waals surface area (Å²) in [6.45, 7) is 1.35. The molecule has 20 heavy (non-hydrogen) atoms. The number of anilines is 2. The number of nitrogen functional groups attached to an aromatic ring is 1. The van der Waals surface area contributed by atoms with Crippen LogP contribution in [0.15, 0.2) is 28.9 Å². The smallest absolute Gasteiger partial charge is 0.107 e. The fourth-order valence-corrected chi connectivity index (χ4v) is 2.73. The third-order valence-electron chi connectivity index (χ3n) is 3.54. The summed E-state index contributed by atoms with van der Waals surface area (Å²) in [5, 5.41) is 14.5. The highest BCUT2D eigenvalue weighted by atomic mass is 79.9. The van der Waals surface area contributed by atoms with E-state index in [0.717, 1.165) is 21.1 Å². The number of rotatable bonds is 3. The van der Waals surface area contributed by atoms with Gasteiger partial charge in [-0.05, 0) is 18.2 Å². The number of fused-ring (bicyclic) bond motifs is 1. The number of nitrogens with two attached hydrogens (primary N) is 1. The van der Waals surface area contributed by atoms with Crippen LogP contribution in [0.5, 0.6) is 0 Å². The van der Waals surface area contributed by atoms with E-state index in [1.165, 1.54) is 0 Å². The maximum Gasteiger partial charge on any atom is 0.107 e. The molecule has 0 saturated carbocycles. The molecule has 106 valence electrons. The number of hydrogen-bond acceptors (Lipinski definition) is 5. The van der Waals surface area contributed by atoms with E-state index in [1.807, 2.05) is 18.2 Å². The van der Waals surface area contributed by atoms with E-state index in [2.05, 4.69) is 26.2 Å². The molecule has 1 aromatic heterocycles. The third-order valence-corrected chi connectivity index (χ3v) is 4.03. The predicted molar refractivity (Wildman–Crippen MR) is 82.7 cm³/mol. The standard InChI is InChI=1S/C14H16BrN3O2/c15-9-1-2-12-10(5-9)13(11(16)6-17-12)18-7-14(19)3-4-20-8-14/h1-2,5-6,19H,3-4,7-8,16H2,(H,17,18). The molecule has 2 aromatic rings. The van der Waals surface area contributed by atoms with Gasteiger partial charge in [0.2, 0.25) is 0 Å². The summed E-state index contributed by atoms with van der Waals surface area (Å²) in [5.74, 6) is 0. The van der Waals surface area contributed by atoms with Crippen LogP contribution >= 0.6 is 15.9 Å². The lowest BCUT2D eigenvalue weighted by molar-refractivity contribution is 0.0382. The second kappa shape index (κ2) is 5.20. The van der Waals surface area contributed by atoms with Gasteiger partial charge in [-0.1, -0.05) is 15.9 Å². The molecule has 1 aliphatic heterocycles. The zero-order valence-electron chi connectivity index (χ0n) is 10.9. The van der Waals surface area contributed by atoms with Gasteiger partial charge < -0.3 is 20.9 Å². The summed E-state index contributed by atoms with van der Waals surface area (Å²) in [5.41, 5.74) is 7.42. The van der Waals surface area contributed by atoms with Crippen molar-refractivity contribution in [2.45, 2.75) is 12.0 Å². The molecular weight excluding hydrogens is 322 g/mol. The summed E-state index contributed by atoms with van der Waals surface area (Å²) in [4.78, 5) is 4.31. The van der Waals surface area contributed by atoms with E-state index in [1.54, 1.807) is 6.20 Å². The molecule has 6 heteroatoms. The van der Waals surface area contributed by atoms with Crippen LogP contribution in [0, 0.1) is 0 Å². The van der Waals surface area contributed by atoms with Crippen molar-refractivity contribution in [2.24, 2.45) is 0 Å². The number of nitrogens with zero attached hydrogens (tertiary/aromatic N) is 1. The van der Waals surface area contributed by atoms with Gasteiger partial charge >= 0.3 is 0 Å². The topological polar surface area (TPSA) is 80.4 Å². The molecule has 3 rings (SSSR count). The van der Waals surface area contributed by atoms with Crippen LogP contribution in [-0.2, 0) is 4.74 Å². The van der Waals surface area contributed by atoms with E-state index >= 15 is 0 Å². The molecule has 1 aliphatic rings. The highest BCUT2D eigenvalue weighted by Crippen LogP contribution is 2.31. The summed E-state index contributed by atoms with van der Waals surface area (Å²) in [6, 6.07) is 5.83. The lowest BCUT2D eigenvalue weighted by Crippen LogP contribution is -2.37. The monoisotopic (exact) mass is 337 g/mol. The average Bonchev–Trinajstić information content (AvgIpc) is 2.85. The molecule has 0 amide bonds. The zero-order chi connectivity index (χ0) is 14.2. The minimum atomic E-state index is -0.825. The largest absolute Gasteiger partial charge is 0.396 e. The van der Waals surface area contributed by atoms with Crippen molar-refractivity contribution in [1.29, 1.82) is 0 Å². The van der Waals surface area contributed by atoms with Crippen LogP contribution < -0.4 is 11.1 Å². The lowest BCUT2D eigenvalue weighted by atomic mass is 10.0. The number of halogens is 1.